The van der Waals surface area contributed by atoms with Gasteiger partial charge in [0.25, 0.3) is 0 Å². The van der Waals surface area contributed by atoms with Crippen LogP contribution in [0.4, 0.5) is 4.79 Å². The Morgan fingerprint density at radius 2 is 1.59 bits per heavy atom. The average Bonchev–Trinajstić information content (AvgIpc) is 2.64. The van der Waals surface area contributed by atoms with Crippen LogP contribution in [0.1, 0.15) is 79.2 Å². The van der Waals surface area contributed by atoms with E-state index in [1.165, 1.54) is 0 Å². The smallest absolute Gasteiger partial charge is 0.408 e. The van der Waals surface area contributed by atoms with Gasteiger partial charge in [0.05, 0.1) is 0 Å². The van der Waals surface area contributed by atoms with Crippen LogP contribution in [0, 0.1) is 5.92 Å². The molecule has 5 heteroatoms. The standard InChI is InChI=1S/C24H39NO4/c1-7-13-19(14-8-2)21(9-3)28-22(26)20(17-18-15-11-10-12-16-18)25-23(27)29-24(4,5)6/h10-12,15-16,19-21H,7-9,13-14,17H2,1-6H3,(H,25,27)/t20-,21-/m0/s1. The lowest BCUT2D eigenvalue weighted by Crippen LogP contribution is -2.46. The van der Waals surface area contributed by atoms with Crippen LogP contribution < -0.4 is 5.32 Å². The third-order valence-corrected chi connectivity index (χ3v) is 4.77. The van der Waals surface area contributed by atoms with Crippen LogP contribution >= 0.6 is 0 Å². The van der Waals surface area contributed by atoms with E-state index >= 15 is 0 Å². The Kier molecular flexibility index (Phi) is 10.8. The molecule has 0 bridgehead atoms. The molecule has 1 N–H and O–H groups in total. The highest BCUT2D eigenvalue weighted by Crippen LogP contribution is 2.23. The Balaban J connectivity index is 2.93. The second-order valence-electron chi connectivity index (χ2n) is 8.61. The molecule has 0 spiro atoms. The molecule has 0 aliphatic carbocycles. The number of benzene rings is 1. The highest BCUT2D eigenvalue weighted by Gasteiger charge is 2.30. The minimum atomic E-state index is -0.787. The quantitative estimate of drug-likeness (QED) is 0.482. The Labute approximate surface area is 176 Å². The first-order valence-electron chi connectivity index (χ1n) is 10.9. The van der Waals surface area contributed by atoms with Gasteiger partial charge in [0.1, 0.15) is 17.7 Å². The van der Waals surface area contributed by atoms with Crippen LogP contribution in [0.2, 0.25) is 0 Å². The summed E-state index contributed by atoms with van der Waals surface area (Å²) in [5.74, 6) is -0.0541. The fraction of sp³-hybridized carbons (Fsp3) is 0.667. The minimum absolute atomic E-state index is 0.138. The summed E-state index contributed by atoms with van der Waals surface area (Å²) in [5, 5.41) is 2.72. The monoisotopic (exact) mass is 405 g/mol. The maximum Gasteiger partial charge on any atom is 0.408 e. The second kappa shape index (κ2) is 12.5. The maximum atomic E-state index is 13.0. The molecule has 1 aromatic carbocycles. The first kappa shape index (κ1) is 25.0. The number of carbonyl (C=O) groups excluding carboxylic acids is 2. The van der Waals surface area contributed by atoms with E-state index in [9.17, 15) is 9.59 Å². The minimum Gasteiger partial charge on any atom is -0.461 e. The van der Waals surface area contributed by atoms with Crippen molar-refractivity contribution < 1.29 is 19.1 Å². The molecule has 0 aromatic heterocycles. The molecule has 0 aliphatic rings. The van der Waals surface area contributed by atoms with Gasteiger partial charge in [-0.2, -0.15) is 0 Å². The van der Waals surface area contributed by atoms with Crippen molar-refractivity contribution in [1.82, 2.24) is 5.32 Å². The molecule has 0 radical (unpaired) electrons. The molecule has 0 saturated heterocycles. The van der Waals surface area contributed by atoms with Gasteiger partial charge in [0, 0.05) is 6.42 Å². The third-order valence-electron chi connectivity index (χ3n) is 4.77. The van der Waals surface area contributed by atoms with Crippen molar-refractivity contribution in [2.24, 2.45) is 5.92 Å². The van der Waals surface area contributed by atoms with E-state index in [0.29, 0.717) is 12.3 Å². The van der Waals surface area contributed by atoms with E-state index in [-0.39, 0.29) is 6.10 Å². The van der Waals surface area contributed by atoms with Crippen molar-refractivity contribution >= 4 is 12.1 Å². The Hall–Kier alpha value is -2.04. The zero-order chi connectivity index (χ0) is 21.9. The lowest BCUT2D eigenvalue weighted by Gasteiger charge is -2.28. The van der Waals surface area contributed by atoms with Crippen molar-refractivity contribution in [3.8, 4) is 0 Å². The molecule has 1 amide bonds. The lowest BCUT2D eigenvalue weighted by atomic mass is 9.91. The lowest BCUT2D eigenvalue weighted by molar-refractivity contribution is -0.155. The summed E-state index contributed by atoms with van der Waals surface area (Å²) in [6.07, 6.45) is 4.56. The summed E-state index contributed by atoms with van der Waals surface area (Å²) in [7, 11) is 0. The van der Waals surface area contributed by atoms with Gasteiger partial charge in [-0.05, 0) is 51.5 Å². The van der Waals surface area contributed by atoms with E-state index in [2.05, 4.69) is 19.2 Å². The summed E-state index contributed by atoms with van der Waals surface area (Å²) in [5.41, 5.74) is 0.321. The summed E-state index contributed by atoms with van der Waals surface area (Å²) >= 11 is 0. The first-order valence-corrected chi connectivity index (χ1v) is 10.9. The van der Waals surface area contributed by atoms with Crippen LogP contribution in [-0.4, -0.2) is 29.8 Å². The fourth-order valence-corrected chi connectivity index (χ4v) is 3.49. The topological polar surface area (TPSA) is 64.6 Å². The molecule has 0 unspecified atom stereocenters. The average molecular weight is 406 g/mol. The van der Waals surface area contributed by atoms with Crippen molar-refractivity contribution in [1.29, 1.82) is 0 Å². The van der Waals surface area contributed by atoms with Gasteiger partial charge in [-0.15, -0.1) is 0 Å². The van der Waals surface area contributed by atoms with Gasteiger partial charge in [-0.25, -0.2) is 9.59 Å². The van der Waals surface area contributed by atoms with Crippen molar-refractivity contribution in [2.45, 2.75) is 97.8 Å². The molecule has 0 saturated carbocycles. The second-order valence-corrected chi connectivity index (χ2v) is 8.61. The van der Waals surface area contributed by atoms with E-state index in [0.717, 1.165) is 37.7 Å². The molecule has 0 heterocycles. The maximum absolute atomic E-state index is 13.0. The molecule has 5 nitrogen and oxygen atoms in total. The SMILES string of the molecule is CCCC(CCC)[C@H](CC)OC(=O)[C@H](Cc1ccccc1)NC(=O)OC(C)(C)C. The normalized spacial score (nSPS) is 13.6. The first-order chi connectivity index (χ1) is 13.7. The number of alkyl carbamates (subject to hydrolysis) is 1. The van der Waals surface area contributed by atoms with E-state index in [4.69, 9.17) is 9.47 Å². The van der Waals surface area contributed by atoms with Crippen molar-refractivity contribution in [3.05, 3.63) is 35.9 Å². The number of carbonyl (C=O) groups is 2. The van der Waals surface area contributed by atoms with E-state index in [1.54, 1.807) is 20.8 Å². The number of ether oxygens (including phenoxy) is 2. The third kappa shape index (κ3) is 9.82. The molecule has 2 atom stereocenters. The van der Waals surface area contributed by atoms with Crippen LogP contribution in [-0.2, 0) is 20.7 Å². The Morgan fingerprint density at radius 1 is 1.00 bits per heavy atom. The molecular formula is C24H39NO4. The van der Waals surface area contributed by atoms with Crippen LogP contribution in [0.25, 0.3) is 0 Å². The largest absolute Gasteiger partial charge is 0.461 e. The van der Waals surface area contributed by atoms with Gasteiger partial charge in [0.2, 0.25) is 0 Å². The van der Waals surface area contributed by atoms with Crippen LogP contribution in [0.5, 0.6) is 0 Å². The number of amides is 1. The van der Waals surface area contributed by atoms with Crippen molar-refractivity contribution in [2.75, 3.05) is 0 Å². The molecule has 0 fully saturated rings. The summed E-state index contributed by atoms with van der Waals surface area (Å²) in [6, 6.07) is 8.84. The summed E-state index contributed by atoms with van der Waals surface area (Å²) < 4.78 is 11.3. The van der Waals surface area contributed by atoms with Gasteiger partial charge >= 0.3 is 12.1 Å². The van der Waals surface area contributed by atoms with Gasteiger partial charge in [0.15, 0.2) is 0 Å². The molecular weight excluding hydrogens is 366 g/mol. The van der Waals surface area contributed by atoms with Gasteiger partial charge < -0.3 is 14.8 Å². The van der Waals surface area contributed by atoms with Crippen molar-refractivity contribution in [3.63, 3.8) is 0 Å². The predicted octanol–water partition coefficient (Wildman–Crippen LogP) is 5.66. The van der Waals surface area contributed by atoms with E-state index < -0.39 is 23.7 Å². The number of esters is 1. The number of rotatable bonds is 11. The number of hydrogen-bond acceptors (Lipinski definition) is 4. The van der Waals surface area contributed by atoms with Gasteiger partial charge in [-0.1, -0.05) is 63.9 Å². The molecule has 1 rings (SSSR count). The predicted molar refractivity (Wildman–Crippen MR) is 117 cm³/mol. The summed E-state index contributed by atoms with van der Waals surface area (Å²) in [6.45, 7) is 11.7. The van der Waals surface area contributed by atoms with Crippen LogP contribution in [0.15, 0.2) is 30.3 Å². The molecule has 164 valence electrons. The molecule has 29 heavy (non-hydrogen) atoms. The number of nitrogens with one attached hydrogen (secondary N) is 1. The highest BCUT2D eigenvalue weighted by atomic mass is 16.6. The highest BCUT2D eigenvalue weighted by molar-refractivity contribution is 5.82. The number of hydrogen-bond donors (Lipinski definition) is 1. The molecule has 1 aromatic rings. The summed E-state index contributed by atoms with van der Waals surface area (Å²) in [4.78, 5) is 25.4. The van der Waals surface area contributed by atoms with Crippen LogP contribution in [0.3, 0.4) is 0 Å². The molecule has 0 aliphatic heterocycles. The fourth-order valence-electron chi connectivity index (χ4n) is 3.49. The zero-order valence-electron chi connectivity index (χ0n) is 19.0. The zero-order valence-corrected chi connectivity index (χ0v) is 19.0. The van der Waals surface area contributed by atoms with Gasteiger partial charge in [-0.3, -0.25) is 0 Å². The Morgan fingerprint density at radius 3 is 2.07 bits per heavy atom. The Bertz CT molecular complexity index is 603. The van der Waals surface area contributed by atoms with E-state index in [1.807, 2.05) is 37.3 Å².